The lowest BCUT2D eigenvalue weighted by atomic mass is 9.99. The van der Waals surface area contributed by atoms with Gasteiger partial charge in [-0.2, -0.15) is 0 Å². The molecule has 0 unspecified atom stereocenters. The highest BCUT2D eigenvalue weighted by molar-refractivity contribution is 5.75. The normalized spacial score (nSPS) is 11.7. The summed E-state index contributed by atoms with van der Waals surface area (Å²) in [6, 6.07) is 13.5. The first kappa shape index (κ1) is 16.5. The predicted octanol–water partition coefficient (Wildman–Crippen LogP) is 1.77. The molecule has 6 heteroatoms. The molecule has 4 N–H and O–H groups in total. The Hall–Kier alpha value is -2.86. The van der Waals surface area contributed by atoms with Crippen molar-refractivity contribution < 1.29 is 24.5 Å². The summed E-state index contributed by atoms with van der Waals surface area (Å²) in [7, 11) is 0. The second-order valence-corrected chi connectivity index (χ2v) is 5.03. The summed E-state index contributed by atoms with van der Waals surface area (Å²) < 4.78 is 5.35. The number of carbonyl (C=O) groups is 2. The minimum absolute atomic E-state index is 0.133. The third kappa shape index (κ3) is 4.55. The summed E-state index contributed by atoms with van der Waals surface area (Å²) in [6.07, 6.45) is 0.133. The van der Waals surface area contributed by atoms with E-state index in [1.54, 1.807) is 18.2 Å². The molecule has 0 aliphatic rings. The van der Waals surface area contributed by atoms with Gasteiger partial charge in [-0.1, -0.05) is 42.5 Å². The van der Waals surface area contributed by atoms with E-state index in [9.17, 15) is 9.59 Å². The van der Waals surface area contributed by atoms with E-state index in [4.69, 9.17) is 20.7 Å². The molecule has 0 radical (unpaired) electrons. The fraction of sp³-hybridized carbons (Fsp3) is 0.176. The molecule has 2 aromatic carbocycles. The van der Waals surface area contributed by atoms with Crippen LogP contribution in [0.15, 0.2) is 48.5 Å². The molecule has 0 heterocycles. The average molecular weight is 315 g/mol. The zero-order valence-corrected chi connectivity index (χ0v) is 12.3. The molecule has 2 aromatic rings. The van der Waals surface area contributed by atoms with Crippen LogP contribution in [0.3, 0.4) is 0 Å². The zero-order chi connectivity index (χ0) is 16.8. The topological polar surface area (TPSA) is 110 Å². The number of carboxylic acids is 2. The summed E-state index contributed by atoms with van der Waals surface area (Å²) in [5.74, 6) is -1.80. The van der Waals surface area contributed by atoms with Crippen LogP contribution < -0.4 is 10.5 Å². The van der Waals surface area contributed by atoms with Crippen molar-refractivity contribution in [1.29, 1.82) is 0 Å². The van der Waals surface area contributed by atoms with Gasteiger partial charge in [-0.25, -0.2) is 4.79 Å². The van der Waals surface area contributed by atoms with Gasteiger partial charge in [0.05, 0.1) is 0 Å². The van der Waals surface area contributed by atoms with Gasteiger partial charge in [-0.15, -0.1) is 0 Å². The van der Waals surface area contributed by atoms with E-state index in [1.807, 2.05) is 30.3 Å². The number of rotatable bonds is 7. The summed E-state index contributed by atoms with van der Waals surface area (Å²) in [6.45, 7) is -0.478. The van der Waals surface area contributed by atoms with Crippen molar-refractivity contribution in [3.05, 3.63) is 54.1 Å². The minimum atomic E-state index is -1.09. The van der Waals surface area contributed by atoms with Crippen LogP contribution in [0, 0.1) is 0 Å². The van der Waals surface area contributed by atoms with Crippen LogP contribution in [0.5, 0.6) is 5.75 Å². The molecule has 0 aromatic heterocycles. The molecule has 23 heavy (non-hydrogen) atoms. The zero-order valence-electron chi connectivity index (χ0n) is 12.3. The number of nitrogens with two attached hydrogens (primary N) is 1. The van der Waals surface area contributed by atoms with Crippen molar-refractivity contribution in [3.63, 3.8) is 0 Å². The second-order valence-electron chi connectivity index (χ2n) is 5.03. The molecule has 0 aliphatic heterocycles. The third-order valence-corrected chi connectivity index (χ3v) is 3.25. The van der Waals surface area contributed by atoms with Gasteiger partial charge in [0.2, 0.25) is 0 Å². The van der Waals surface area contributed by atoms with Gasteiger partial charge < -0.3 is 20.7 Å². The second kappa shape index (κ2) is 7.42. The third-order valence-electron chi connectivity index (χ3n) is 3.25. The molecular weight excluding hydrogens is 298 g/mol. The van der Waals surface area contributed by atoms with E-state index in [0.29, 0.717) is 11.3 Å². The molecule has 0 amide bonds. The lowest BCUT2D eigenvalue weighted by molar-refractivity contribution is -0.139. The van der Waals surface area contributed by atoms with Crippen molar-refractivity contribution in [2.24, 2.45) is 5.73 Å². The van der Waals surface area contributed by atoms with Crippen LogP contribution in [0.25, 0.3) is 11.1 Å². The number of hydrogen-bond donors (Lipinski definition) is 3. The number of carboxylic acid groups (broad SMARTS) is 2. The Kier molecular flexibility index (Phi) is 5.32. The van der Waals surface area contributed by atoms with Crippen molar-refractivity contribution in [2.75, 3.05) is 6.61 Å². The number of aliphatic carboxylic acids is 2. The SMILES string of the molecule is N[C@@H](Cc1ccc(-c2ccccc2)c(OCC(=O)O)c1)C(=O)O. The van der Waals surface area contributed by atoms with Gasteiger partial charge in [0.25, 0.3) is 0 Å². The quantitative estimate of drug-likeness (QED) is 0.718. The highest BCUT2D eigenvalue weighted by atomic mass is 16.5. The van der Waals surface area contributed by atoms with Crippen molar-refractivity contribution >= 4 is 11.9 Å². The molecule has 6 nitrogen and oxygen atoms in total. The van der Waals surface area contributed by atoms with E-state index in [-0.39, 0.29) is 6.42 Å². The number of ether oxygens (including phenoxy) is 1. The van der Waals surface area contributed by atoms with E-state index < -0.39 is 24.6 Å². The van der Waals surface area contributed by atoms with Crippen LogP contribution >= 0.6 is 0 Å². The monoisotopic (exact) mass is 315 g/mol. The fourth-order valence-corrected chi connectivity index (χ4v) is 2.15. The molecule has 0 saturated carbocycles. The largest absolute Gasteiger partial charge is 0.481 e. The van der Waals surface area contributed by atoms with Crippen molar-refractivity contribution in [1.82, 2.24) is 0 Å². The first-order valence-corrected chi connectivity index (χ1v) is 6.98. The Bertz CT molecular complexity index is 699. The lowest BCUT2D eigenvalue weighted by Crippen LogP contribution is -2.32. The molecule has 0 saturated heterocycles. The van der Waals surface area contributed by atoms with Crippen LogP contribution in [-0.4, -0.2) is 34.8 Å². The Morgan fingerprint density at radius 1 is 1.09 bits per heavy atom. The van der Waals surface area contributed by atoms with E-state index in [1.165, 1.54) is 0 Å². The highest BCUT2D eigenvalue weighted by Gasteiger charge is 2.15. The molecule has 0 bridgehead atoms. The van der Waals surface area contributed by atoms with Crippen molar-refractivity contribution in [3.8, 4) is 16.9 Å². The minimum Gasteiger partial charge on any atom is -0.481 e. The summed E-state index contributed by atoms with van der Waals surface area (Å²) in [5, 5.41) is 17.7. The van der Waals surface area contributed by atoms with Crippen LogP contribution in [0.1, 0.15) is 5.56 Å². The first-order valence-electron chi connectivity index (χ1n) is 6.98. The van der Waals surface area contributed by atoms with Crippen LogP contribution in [-0.2, 0) is 16.0 Å². The van der Waals surface area contributed by atoms with E-state index >= 15 is 0 Å². The maximum atomic E-state index is 10.9. The van der Waals surface area contributed by atoms with Crippen molar-refractivity contribution in [2.45, 2.75) is 12.5 Å². The van der Waals surface area contributed by atoms with Crippen LogP contribution in [0.4, 0.5) is 0 Å². The smallest absolute Gasteiger partial charge is 0.341 e. The molecular formula is C17H17NO5. The first-order chi connectivity index (χ1) is 11.0. The number of benzene rings is 2. The molecule has 1 atom stereocenters. The van der Waals surface area contributed by atoms with Gasteiger partial charge in [0.15, 0.2) is 6.61 Å². The highest BCUT2D eigenvalue weighted by Crippen LogP contribution is 2.31. The molecule has 2 rings (SSSR count). The van der Waals surface area contributed by atoms with Gasteiger partial charge in [0.1, 0.15) is 11.8 Å². The van der Waals surface area contributed by atoms with Gasteiger partial charge in [-0.05, 0) is 23.6 Å². The summed E-state index contributed by atoms with van der Waals surface area (Å²) in [4.78, 5) is 21.6. The molecule has 120 valence electrons. The molecule has 0 spiro atoms. The Balaban J connectivity index is 2.34. The summed E-state index contributed by atoms with van der Waals surface area (Å²) in [5.41, 5.74) is 7.81. The Labute approximate surface area is 133 Å². The van der Waals surface area contributed by atoms with E-state index in [0.717, 1.165) is 11.1 Å². The molecule has 0 aliphatic carbocycles. The van der Waals surface area contributed by atoms with Crippen LogP contribution in [0.2, 0.25) is 0 Å². The summed E-state index contributed by atoms with van der Waals surface area (Å²) >= 11 is 0. The van der Waals surface area contributed by atoms with Gasteiger partial charge in [0, 0.05) is 5.56 Å². The lowest BCUT2D eigenvalue weighted by Gasteiger charge is -2.13. The average Bonchev–Trinajstić information content (AvgIpc) is 2.53. The Morgan fingerprint density at radius 3 is 2.39 bits per heavy atom. The molecule has 0 fully saturated rings. The maximum Gasteiger partial charge on any atom is 0.341 e. The Morgan fingerprint density at radius 2 is 1.78 bits per heavy atom. The van der Waals surface area contributed by atoms with Gasteiger partial charge in [-0.3, -0.25) is 4.79 Å². The van der Waals surface area contributed by atoms with Gasteiger partial charge >= 0.3 is 11.9 Å². The standard InChI is InChI=1S/C17H17NO5/c18-14(17(21)22)8-11-6-7-13(12-4-2-1-3-5-12)15(9-11)23-10-16(19)20/h1-7,9,14H,8,10,18H2,(H,19,20)(H,21,22)/t14-/m0/s1. The maximum absolute atomic E-state index is 10.9. The number of hydrogen-bond acceptors (Lipinski definition) is 4. The van der Waals surface area contributed by atoms with E-state index in [2.05, 4.69) is 0 Å². The fourth-order valence-electron chi connectivity index (χ4n) is 2.15. The predicted molar refractivity (Wildman–Crippen MR) is 84.3 cm³/mol.